The Balaban J connectivity index is 1.37. The van der Waals surface area contributed by atoms with Gasteiger partial charge in [-0.15, -0.1) is 0 Å². The van der Waals surface area contributed by atoms with E-state index in [1.54, 1.807) is 12.3 Å². The fourth-order valence-corrected chi connectivity index (χ4v) is 3.32. The molecule has 5 nitrogen and oxygen atoms in total. The summed E-state index contributed by atoms with van der Waals surface area (Å²) >= 11 is 0. The van der Waals surface area contributed by atoms with E-state index >= 15 is 0 Å². The minimum Gasteiger partial charge on any atom is -0.366 e. The van der Waals surface area contributed by atoms with Crippen LogP contribution >= 0.6 is 0 Å². The van der Waals surface area contributed by atoms with Gasteiger partial charge in [0.1, 0.15) is 17.5 Å². The summed E-state index contributed by atoms with van der Waals surface area (Å²) in [7, 11) is 0. The molecular formula is C18H22FN5. The maximum absolute atomic E-state index is 13.3. The predicted octanol–water partition coefficient (Wildman–Crippen LogP) is 2.96. The average molecular weight is 327 g/mol. The molecule has 1 aliphatic carbocycles. The van der Waals surface area contributed by atoms with Crippen LogP contribution < -0.4 is 5.32 Å². The van der Waals surface area contributed by atoms with E-state index in [4.69, 9.17) is 0 Å². The summed E-state index contributed by atoms with van der Waals surface area (Å²) in [4.78, 5) is 15.3. The van der Waals surface area contributed by atoms with Crippen LogP contribution in [0.5, 0.6) is 0 Å². The van der Waals surface area contributed by atoms with Crippen LogP contribution in [0.15, 0.2) is 30.7 Å². The topological polar surface area (TPSA) is 53.9 Å². The zero-order valence-electron chi connectivity index (χ0n) is 13.7. The van der Waals surface area contributed by atoms with Crippen LogP contribution in [0.1, 0.15) is 43.0 Å². The van der Waals surface area contributed by atoms with Gasteiger partial charge in [0, 0.05) is 37.4 Å². The van der Waals surface area contributed by atoms with Crippen LogP contribution in [-0.4, -0.2) is 39.0 Å². The quantitative estimate of drug-likeness (QED) is 0.915. The van der Waals surface area contributed by atoms with Crippen LogP contribution in [0.4, 0.5) is 10.2 Å². The molecule has 0 amide bonds. The van der Waals surface area contributed by atoms with Gasteiger partial charge in [0.05, 0.1) is 6.20 Å². The molecule has 0 bridgehead atoms. The van der Waals surface area contributed by atoms with Gasteiger partial charge in [0.2, 0.25) is 0 Å². The minimum atomic E-state index is -0.271. The molecule has 1 atom stereocenters. The number of rotatable bonds is 5. The van der Waals surface area contributed by atoms with Gasteiger partial charge in [-0.25, -0.2) is 14.4 Å². The smallest absolute Gasteiger partial charge is 0.141 e. The summed E-state index contributed by atoms with van der Waals surface area (Å²) in [6.07, 6.45) is 9.51. The highest BCUT2D eigenvalue weighted by Gasteiger charge is 2.27. The summed E-state index contributed by atoms with van der Waals surface area (Å²) in [5, 5.41) is 3.55. The van der Waals surface area contributed by atoms with Crippen molar-refractivity contribution >= 4 is 5.82 Å². The van der Waals surface area contributed by atoms with Gasteiger partial charge < -0.3 is 5.32 Å². The molecule has 126 valence electrons. The Morgan fingerprint density at radius 3 is 3.00 bits per heavy atom. The molecular weight excluding hydrogens is 305 g/mol. The molecule has 2 aromatic heterocycles. The first-order chi connectivity index (χ1) is 11.8. The van der Waals surface area contributed by atoms with Crippen molar-refractivity contribution in [2.45, 2.75) is 44.2 Å². The van der Waals surface area contributed by atoms with Crippen LogP contribution in [0, 0.1) is 5.82 Å². The second-order valence-corrected chi connectivity index (χ2v) is 6.80. The third-order valence-electron chi connectivity index (χ3n) is 4.64. The number of hydrogen-bond acceptors (Lipinski definition) is 5. The molecule has 1 saturated heterocycles. The van der Waals surface area contributed by atoms with Crippen molar-refractivity contribution < 1.29 is 4.39 Å². The third kappa shape index (κ3) is 3.87. The highest BCUT2D eigenvalue weighted by atomic mass is 19.1. The van der Waals surface area contributed by atoms with Gasteiger partial charge in [0.15, 0.2) is 0 Å². The first-order valence-electron chi connectivity index (χ1n) is 8.67. The molecule has 4 rings (SSSR count). The van der Waals surface area contributed by atoms with Crippen molar-refractivity contribution in [3.05, 3.63) is 47.9 Å². The number of hydrogen-bond donors (Lipinski definition) is 1. The molecule has 1 aliphatic heterocycles. The van der Waals surface area contributed by atoms with Gasteiger partial charge in [-0.05, 0) is 49.9 Å². The fraction of sp³-hybridized carbons (Fsp3) is 0.500. The zero-order chi connectivity index (χ0) is 16.4. The lowest BCUT2D eigenvalue weighted by atomic mass is 10.0. The van der Waals surface area contributed by atoms with Crippen LogP contribution in [0.2, 0.25) is 0 Å². The van der Waals surface area contributed by atoms with Crippen LogP contribution in [0.25, 0.3) is 0 Å². The van der Waals surface area contributed by atoms with Gasteiger partial charge >= 0.3 is 0 Å². The van der Waals surface area contributed by atoms with Crippen molar-refractivity contribution in [2.24, 2.45) is 0 Å². The van der Waals surface area contributed by atoms with Crippen molar-refractivity contribution in [1.29, 1.82) is 0 Å². The summed E-state index contributed by atoms with van der Waals surface area (Å²) in [5.41, 5.74) is 0.925. The lowest BCUT2D eigenvalue weighted by molar-refractivity contribution is 0.208. The standard InChI is InChI=1S/C18H22FN5/c19-15-8-13(9-20-10-15)11-24-7-1-2-16(12-24)22-17-5-6-21-18(23-17)14-3-4-14/h5-6,8-10,14,16H,1-4,7,11-12H2,(H,21,22,23). The summed E-state index contributed by atoms with van der Waals surface area (Å²) in [6.45, 7) is 2.70. The van der Waals surface area contributed by atoms with Crippen molar-refractivity contribution in [1.82, 2.24) is 19.9 Å². The normalized spacial score (nSPS) is 21.6. The molecule has 24 heavy (non-hydrogen) atoms. The Labute approximate surface area is 141 Å². The van der Waals surface area contributed by atoms with Crippen molar-refractivity contribution in [3.8, 4) is 0 Å². The third-order valence-corrected chi connectivity index (χ3v) is 4.64. The van der Waals surface area contributed by atoms with E-state index in [1.165, 1.54) is 19.0 Å². The SMILES string of the molecule is Fc1cncc(CN2CCCC(Nc3ccnc(C4CC4)n3)C2)c1. The molecule has 6 heteroatoms. The first kappa shape index (κ1) is 15.4. The van der Waals surface area contributed by atoms with E-state index in [9.17, 15) is 4.39 Å². The molecule has 2 fully saturated rings. The van der Waals surface area contributed by atoms with E-state index < -0.39 is 0 Å². The Hall–Kier alpha value is -2.08. The first-order valence-corrected chi connectivity index (χ1v) is 8.67. The van der Waals surface area contributed by atoms with Gasteiger partial charge in [-0.3, -0.25) is 9.88 Å². The molecule has 1 N–H and O–H groups in total. The molecule has 0 radical (unpaired) electrons. The van der Waals surface area contributed by atoms with Crippen LogP contribution in [0.3, 0.4) is 0 Å². The molecule has 3 heterocycles. The molecule has 0 aromatic carbocycles. The Morgan fingerprint density at radius 1 is 1.25 bits per heavy atom. The highest BCUT2D eigenvalue weighted by Crippen LogP contribution is 2.38. The number of pyridine rings is 1. The lowest BCUT2D eigenvalue weighted by Gasteiger charge is -2.33. The lowest BCUT2D eigenvalue weighted by Crippen LogP contribution is -2.41. The molecule has 2 aliphatic rings. The van der Waals surface area contributed by atoms with E-state index in [0.717, 1.165) is 49.7 Å². The predicted molar refractivity (Wildman–Crippen MR) is 90.1 cm³/mol. The van der Waals surface area contributed by atoms with Gasteiger partial charge in [0.25, 0.3) is 0 Å². The summed E-state index contributed by atoms with van der Waals surface area (Å²) in [6, 6.07) is 3.87. The fourth-order valence-electron chi connectivity index (χ4n) is 3.32. The second kappa shape index (κ2) is 6.81. The number of nitrogens with zero attached hydrogens (tertiary/aromatic N) is 4. The van der Waals surface area contributed by atoms with Crippen LogP contribution in [-0.2, 0) is 6.54 Å². The number of halogens is 1. The number of likely N-dealkylation sites (tertiary alicyclic amines) is 1. The van der Waals surface area contributed by atoms with Gasteiger partial charge in [-0.1, -0.05) is 0 Å². The zero-order valence-corrected chi connectivity index (χ0v) is 13.7. The number of anilines is 1. The molecule has 1 saturated carbocycles. The largest absolute Gasteiger partial charge is 0.366 e. The molecule has 0 spiro atoms. The van der Waals surface area contributed by atoms with Gasteiger partial charge in [-0.2, -0.15) is 0 Å². The minimum absolute atomic E-state index is 0.271. The average Bonchev–Trinajstić information content (AvgIpc) is 3.40. The molecule has 1 unspecified atom stereocenters. The maximum Gasteiger partial charge on any atom is 0.141 e. The van der Waals surface area contributed by atoms with E-state index in [2.05, 4.69) is 25.2 Å². The van der Waals surface area contributed by atoms with E-state index in [-0.39, 0.29) is 5.82 Å². The number of aromatic nitrogens is 3. The summed E-state index contributed by atoms with van der Waals surface area (Å²) < 4.78 is 13.3. The Morgan fingerprint density at radius 2 is 2.17 bits per heavy atom. The monoisotopic (exact) mass is 327 g/mol. The Bertz CT molecular complexity index is 703. The van der Waals surface area contributed by atoms with Crippen molar-refractivity contribution in [2.75, 3.05) is 18.4 Å². The Kier molecular flexibility index (Phi) is 4.38. The van der Waals surface area contributed by atoms with Crippen molar-refractivity contribution in [3.63, 3.8) is 0 Å². The highest BCUT2D eigenvalue weighted by molar-refractivity contribution is 5.35. The van der Waals surface area contributed by atoms with E-state index in [0.29, 0.717) is 12.0 Å². The molecule has 2 aromatic rings. The number of piperidine rings is 1. The maximum atomic E-state index is 13.3. The number of nitrogens with one attached hydrogen (secondary N) is 1. The van der Waals surface area contributed by atoms with E-state index in [1.807, 2.05) is 12.3 Å². The summed E-state index contributed by atoms with van der Waals surface area (Å²) in [5.74, 6) is 2.19. The second-order valence-electron chi connectivity index (χ2n) is 6.80.